The molecule has 0 unspecified atom stereocenters. The van der Waals surface area contributed by atoms with Crippen molar-refractivity contribution in [2.45, 2.75) is 20.8 Å². The molecule has 2 heterocycles. The van der Waals surface area contributed by atoms with Crippen molar-refractivity contribution >= 4 is 17.4 Å². The number of hydrogen-bond donors (Lipinski definition) is 0. The number of carbonyl (C=O) groups excluding carboxylic acids is 1. The molecule has 0 N–H and O–H groups in total. The summed E-state index contributed by atoms with van der Waals surface area (Å²) in [5, 5.41) is 4.90. The summed E-state index contributed by atoms with van der Waals surface area (Å²) < 4.78 is 1.61. The van der Waals surface area contributed by atoms with Crippen molar-refractivity contribution in [3.8, 4) is 5.82 Å². The number of carbonyl (C=O) groups is 1. The number of aryl methyl sites for hydroxylation is 1. The molecule has 2 rings (SSSR count). The third kappa shape index (κ3) is 1.96. The number of nitrogens with zero attached hydrogens (tertiary/aromatic N) is 3. The van der Waals surface area contributed by atoms with Crippen molar-refractivity contribution < 1.29 is 4.79 Å². The van der Waals surface area contributed by atoms with Crippen LogP contribution in [0.3, 0.4) is 0 Å². The minimum Gasteiger partial charge on any atom is -0.294 e. The Kier molecular flexibility index (Phi) is 2.98. The number of ketones is 1. The maximum atomic E-state index is 11.5. The van der Waals surface area contributed by atoms with Gasteiger partial charge in [0.15, 0.2) is 11.6 Å². The van der Waals surface area contributed by atoms with Crippen molar-refractivity contribution in [1.82, 2.24) is 14.8 Å². The summed E-state index contributed by atoms with van der Waals surface area (Å²) >= 11 is 6.08. The number of hydrogen-bond acceptors (Lipinski definition) is 3. The van der Waals surface area contributed by atoms with E-state index in [0.29, 0.717) is 16.4 Å². The minimum absolute atomic E-state index is 0.0447. The lowest BCUT2D eigenvalue weighted by atomic mass is 10.2. The molecule has 2 aromatic rings. The van der Waals surface area contributed by atoms with Crippen LogP contribution in [0, 0.1) is 13.8 Å². The van der Waals surface area contributed by atoms with Gasteiger partial charge in [0.25, 0.3) is 0 Å². The van der Waals surface area contributed by atoms with Gasteiger partial charge in [0.1, 0.15) is 0 Å². The van der Waals surface area contributed by atoms with E-state index in [1.165, 1.54) is 6.92 Å². The van der Waals surface area contributed by atoms with E-state index in [-0.39, 0.29) is 5.78 Å². The number of halogens is 1. The molecule has 88 valence electrons. The molecule has 0 bridgehead atoms. The fraction of sp³-hybridized carbons (Fsp3) is 0.250. The quantitative estimate of drug-likeness (QED) is 0.769. The van der Waals surface area contributed by atoms with Crippen LogP contribution < -0.4 is 0 Å². The molecule has 2 aromatic heterocycles. The van der Waals surface area contributed by atoms with Gasteiger partial charge in [-0.2, -0.15) is 5.10 Å². The number of Topliss-reactive ketones (excluding diaryl/α,β-unsaturated/α-hetero) is 1. The van der Waals surface area contributed by atoms with Crippen LogP contribution in [0.2, 0.25) is 5.02 Å². The molecule has 17 heavy (non-hydrogen) atoms. The number of aromatic nitrogens is 3. The number of pyridine rings is 1. The maximum Gasteiger partial charge on any atom is 0.164 e. The van der Waals surface area contributed by atoms with Crippen LogP contribution in [0.1, 0.15) is 28.7 Å². The first-order chi connectivity index (χ1) is 8.02. The Bertz CT molecular complexity index is 589. The predicted octanol–water partition coefficient (Wildman–Crippen LogP) is 2.74. The van der Waals surface area contributed by atoms with E-state index < -0.39 is 0 Å². The molecule has 0 aliphatic carbocycles. The van der Waals surface area contributed by atoms with Gasteiger partial charge in [0.05, 0.1) is 22.0 Å². The standard InChI is InChI=1S/C12H12ClN3O/c1-7-11(13)8(2)16(15-7)12-10(9(3)17)5-4-6-14-12/h4-6H,1-3H3. The Morgan fingerprint density at radius 2 is 2.12 bits per heavy atom. The normalized spacial score (nSPS) is 10.6. The zero-order valence-electron chi connectivity index (χ0n) is 9.86. The van der Waals surface area contributed by atoms with Gasteiger partial charge in [-0.1, -0.05) is 11.6 Å². The summed E-state index contributed by atoms with van der Waals surface area (Å²) in [6.45, 7) is 5.18. The lowest BCUT2D eigenvalue weighted by molar-refractivity contribution is 0.101. The first-order valence-corrected chi connectivity index (χ1v) is 5.58. The minimum atomic E-state index is -0.0447. The van der Waals surface area contributed by atoms with Crippen molar-refractivity contribution in [2.24, 2.45) is 0 Å². The second-order valence-electron chi connectivity index (χ2n) is 3.83. The van der Waals surface area contributed by atoms with Crippen LogP contribution in [0.25, 0.3) is 5.82 Å². The maximum absolute atomic E-state index is 11.5. The van der Waals surface area contributed by atoms with E-state index in [0.717, 1.165) is 11.4 Å². The zero-order chi connectivity index (χ0) is 12.6. The van der Waals surface area contributed by atoms with Gasteiger partial charge < -0.3 is 0 Å². The highest BCUT2D eigenvalue weighted by Crippen LogP contribution is 2.23. The van der Waals surface area contributed by atoms with Crippen molar-refractivity contribution in [3.63, 3.8) is 0 Å². The Morgan fingerprint density at radius 3 is 2.65 bits per heavy atom. The molecule has 0 saturated heterocycles. The Labute approximate surface area is 104 Å². The molecular formula is C12H12ClN3O. The molecule has 0 atom stereocenters. The average Bonchev–Trinajstić information content (AvgIpc) is 2.57. The molecular weight excluding hydrogens is 238 g/mol. The smallest absolute Gasteiger partial charge is 0.164 e. The van der Waals surface area contributed by atoms with Crippen LogP contribution in [0.5, 0.6) is 0 Å². The van der Waals surface area contributed by atoms with Gasteiger partial charge in [-0.15, -0.1) is 0 Å². The summed E-state index contributed by atoms with van der Waals surface area (Å²) in [4.78, 5) is 15.7. The monoisotopic (exact) mass is 249 g/mol. The van der Waals surface area contributed by atoms with E-state index in [1.807, 2.05) is 13.8 Å². The summed E-state index contributed by atoms with van der Waals surface area (Å²) in [6, 6.07) is 3.46. The van der Waals surface area contributed by atoms with Crippen LogP contribution in [0.4, 0.5) is 0 Å². The lowest BCUT2D eigenvalue weighted by Gasteiger charge is -2.07. The van der Waals surface area contributed by atoms with E-state index >= 15 is 0 Å². The van der Waals surface area contributed by atoms with E-state index in [9.17, 15) is 4.79 Å². The van der Waals surface area contributed by atoms with E-state index in [2.05, 4.69) is 10.1 Å². The summed E-state index contributed by atoms with van der Waals surface area (Å²) in [5.74, 6) is 0.476. The van der Waals surface area contributed by atoms with Crippen LogP contribution in [0.15, 0.2) is 18.3 Å². The van der Waals surface area contributed by atoms with Gasteiger partial charge in [-0.3, -0.25) is 4.79 Å². The molecule has 0 fully saturated rings. The third-order valence-corrected chi connectivity index (χ3v) is 3.12. The highest BCUT2D eigenvalue weighted by Gasteiger charge is 2.16. The Balaban J connectivity index is 2.68. The second-order valence-corrected chi connectivity index (χ2v) is 4.21. The SMILES string of the molecule is CC(=O)c1cccnc1-n1nc(C)c(Cl)c1C. The fourth-order valence-corrected chi connectivity index (χ4v) is 1.79. The van der Waals surface area contributed by atoms with Crippen molar-refractivity contribution in [2.75, 3.05) is 0 Å². The summed E-state index contributed by atoms with van der Waals surface area (Å²) in [5.41, 5.74) is 2.05. The summed E-state index contributed by atoms with van der Waals surface area (Å²) in [7, 11) is 0. The van der Waals surface area contributed by atoms with Gasteiger partial charge in [-0.25, -0.2) is 9.67 Å². The van der Waals surface area contributed by atoms with Crippen LogP contribution in [-0.2, 0) is 0 Å². The predicted molar refractivity (Wildman–Crippen MR) is 65.8 cm³/mol. The fourth-order valence-electron chi connectivity index (χ4n) is 1.67. The van der Waals surface area contributed by atoms with E-state index in [1.54, 1.807) is 23.0 Å². The molecule has 4 nitrogen and oxygen atoms in total. The largest absolute Gasteiger partial charge is 0.294 e. The highest BCUT2D eigenvalue weighted by atomic mass is 35.5. The summed E-state index contributed by atoms with van der Waals surface area (Å²) in [6.07, 6.45) is 1.63. The van der Waals surface area contributed by atoms with Gasteiger partial charge in [0, 0.05) is 6.20 Å². The van der Waals surface area contributed by atoms with Crippen molar-refractivity contribution in [1.29, 1.82) is 0 Å². The second kappa shape index (κ2) is 4.30. The Hall–Kier alpha value is -1.68. The lowest BCUT2D eigenvalue weighted by Crippen LogP contribution is -2.08. The molecule has 5 heteroatoms. The molecule has 0 aromatic carbocycles. The van der Waals surface area contributed by atoms with Gasteiger partial charge in [-0.05, 0) is 32.9 Å². The Morgan fingerprint density at radius 1 is 1.41 bits per heavy atom. The highest BCUT2D eigenvalue weighted by molar-refractivity contribution is 6.31. The molecule has 0 amide bonds. The van der Waals surface area contributed by atoms with E-state index in [4.69, 9.17) is 11.6 Å². The molecule has 0 radical (unpaired) electrons. The molecule has 0 aliphatic rings. The van der Waals surface area contributed by atoms with Crippen LogP contribution >= 0.6 is 11.6 Å². The molecule has 0 aliphatic heterocycles. The first kappa shape index (κ1) is 11.8. The molecule has 0 saturated carbocycles. The van der Waals surface area contributed by atoms with Gasteiger partial charge >= 0.3 is 0 Å². The van der Waals surface area contributed by atoms with Crippen LogP contribution in [-0.4, -0.2) is 20.5 Å². The number of rotatable bonds is 2. The van der Waals surface area contributed by atoms with Crippen molar-refractivity contribution in [3.05, 3.63) is 40.3 Å². The first-order valence-electron chi connectivity index (χ1n) is 5.20. The van der Waals surface area contributed by atoms with Gasteiger partial charge in [0.2, 0.25) is 0 Å². The third-order valence-electron chi connectivity index (χ3n) is 2.57. The zero-order valence-corrected chi connectivity index (χ0v) is 10.6. The topological polar surface area (TPSA) is 47.8 Å². The average molecular weight is 250 g/mol. The molecule has 0 spiro atoms.